The lowest BCUT2D eigenvalue weighted by molar-refractivity contribution is -0.149. The molecule has 3 heterocycles. The second-order valence-corrected chi connectivity index (χ2v) is 7.24. The van der Waals surface area contributed by atoms with Crippen molar-refractivity contribution in [2.75, 3.05) is 6.54 Å². The molecule has 0 aromatic carbocycles. The number of carbonyl (C=O) groups excluding carboxylic acids is 1. The quantitative estimate of drug-likeness (QED) is 0.778. The molecular formula is C16H24N2O2. The lowest BCUT2D eigenvalue weighted by Crippen LogP contribution is -2.50. The molecule has 0 saturated carbocycles. The van der Waals surface area contributed by atoms with Gasteiger partial charge in [0.15, 0.2) is 6.23 Å². The summed E-state index contributed by atoms with van der Waals surface area (Å²) in [5, 5.41) is 0. The van der Waals surface area contributed by atoms with Crippen LogP contribution in [0.1, 0.15) is 39.3 Å². The fourth-order valence-electron chi connectivity index (χ4n) is 3.62. The van der Waals surface area contributed by atoms with Crippen LogP contribution in [0.4, 0.5) is 0 Å². The van der Waals surface area contributed by atoms with Gasteiger partial charge in [-0.1, -0.05) is 20.8 Å². The Morgan fingerprint density at radius 2 is 2.20 bits per heavy atom. The highest BCUT2D eigenvalue weighted by Gasteiger charge is 2.60. The molecule has 0 amide bonds. The van der Waals surface area contributed by atoms with Crippen molar-refractivity contribution in [3.8, 4) is 0 Å². The molecule has 3 rings (SSSR count). The average Bonchev–Trinajstić information content (AvgIpc) is 2.98. The molecule has 4 heteroatoms. The van der Waals surface area contributed by atoms with Crippen LogP contribution >= 0.6 is 0 Å². The second-order valence-electron chi connectivity index (χ2n) is 7.24. The number of carbonyl (C=O) groups is 1. The first-order valence-corrected chi connectivity index (χ1v) is 7.43. The average molecular weight is 276 g/mol. The highest BCUT2D eigenvalue weighted by molar-refractivity contribution is 5.84. The lowest BCUT2D eigenvalue weighted by Gasteiger charge is -2.35. The first kappa shape index (κ1) is 13.7. The molecule has 20 heavy (non-hydrogen) atoms. The van der Waals surface area contributed by atoms with Crippen LogP contribution in [0.2, 0.25) is 0 Å². The van der Waals surface area contributed by atoms with E-state index >= 15 is 0 Å². The van der Waals surface area contributed by atoms with Gasteiger partial charge in [-0.25, -0.2) is 4.79 Å². The molecule has 0 unspecified atom stereocenters. The van der Waals surface area contributed by atoms with E-state index in [-0.39, 0.29) is 17.6 Å². The summed E-state index contributed by atoms with van der Waals surface area (Å²) in [4.78, 5) is 14.9. The van der Waals surface area contributed by atoms with Gasteiger partial charge in [-0.3, -0.25) is 4.90 Å². The van der Waals surface area contributed by atoms with Crippen LogP contribution in [0.5, 0.6) is 0 Å². The van der Waals surface area contributed by atoms with Crippen LogP contribution < -0.4 is 0 Å². The molecule has 2 aliphatic heterocycles. The largest absolute Gasteiger partial charge is 0.444 e. The maximum absolute atomic E-state index is 12.6. The Balaban J connectivity index is 1.95. The van der Waals surface area contributed by atoms with Crippen molar-refractivity contribution in [1.29, 1.82) is 0 Å². The number of cyclic esters (lactones) is 1. The number of fused-ring (bicyclic) bond motifs is 1. The van der Waals surface area contributed by atoms with Crippen molar-refractivity contribution >= 4 is 5.97 Å². The number of nitrogens with zero attached hydrogens (tertiary/aromatic N) is 2. The van der Waals surface area contributed by atoms with Gasteiger partial charge in [0.2, 0.25) is 0 Å². The van der Waals surface area contributed by atoms with E-state index in [0.29, 0.717) is 0 Å². The Morgan fingerprint density at radius 1 is 1.45 bits per heavy atom. The summed E-state index contributed by atoms with van der Waals surface area (Å²) >= 11 is 0. The van der Waals surface area contributed by atoms with Crippen LogP contribution in [0.25, 0.3) is 0 Å². The number of aromatic nitrogens is 1. The molecule has 0 bridgehead atoms. The number of ether oxygens (including phenoxy) is 1. The predicted molar refractivity (Wildman–Crippen MR) is 77.1 cm³/mol. The van der Waals surface area contributed by atoms with Gasteiger partial charge in [0.1, 0.15) is 5.54 Å². The highest BCUT2D eigenvalue weighted by atomic mass is 16.6. The Labute approximate surface area is 120 Å². The van der Waals surface area contributed by atoms with Gasteiger partial charge in [0.05, 0.1) is 0 Å². The normalized spacial score (nSPS) is 30.6. The first-order valence-electron chi connectivity index (χ1n) is 7.43. The molecule has 1 aromatic rings. The number of hydrogen-bond donors (Lipinski definition) is 0. The molecule has 0 N–H and O–H groups in total. The zero-order valence-corrected chi connectivity index (χ0v) is 12.8. The fraction of sp³-hybridized carbons (Fsp3) is 0.688. The van der Waals surface area contributed by atoms with E-state index in [1.54, 1.807) is 0 Å². The van der Waals surface area contributed by atoms with E-state index in [1.165, 1.54) is 5.69 Å². The molecule has 2 fully saturated rings. The van der Waals surface area contributed by atoms with E-state index in [9.17, 15) is 4.79 Å². The summed E-state index contributed by atoms with van der Waals surface area (Å²) in [7, 11) is 2.03. The molecule has 2 atom stereocenters. The van der Waals surface area contributed by atoms with Gasteiger partial charge in [0, 0.05) is 37.3 Å². The second kappa shape index (κ2) is 4.35. The van der Waals surface area contributed by atoms with Gasteiger partial charge in [0.25, 0.3) is 0 Å². The van der Waals surface area contributed by atoms with Crippen molar-refractivity contribution < 1.29 is 9.53 Å². The van der Waals surface area contributed by atoms with Crippen LogP contribution in [0.3, 0.4) is 0 Å². The maximum Gasteiger partial charge on any atom is 0.328 e. The van der Waals surface area contributed by atoms with Crippen molar-refractivity contribution in [2.24, 2.45) is 12.5 Å². The topological polar surface area (TPSA) is 34.5 Å². The fourth-order valence-corrected chi connectivity index (χ4v) is 3.62. The van der Waals surface area contributed by atoms with Gasteiger partial charge in [-0.05, 0) is 25.0 Å². The van der Waals surface area contributed by atoms with Crippen LogP contribution in [0.15, 0.2) is 18.3 Å². The third-order valence-corrected chi connectivity index (χ3v) is 4.69. The molecule has 1 aromatic heterocycles. The summed E-state index contributed by atoms with van der Waals surface area (Å²) in [6, 6.07) is 4.13. The Hall–Kier alpha value is -1.29. The summed E-state index contributed by atoms with van der Waals surface area (Å²) < 4.78 is 7.86. The zero-order valence-electron chi connectivity index (χ0n) is 12.8. The molecule has 2 saturated heterocycles. The molecule has 4 nitrogen and oxygen atoms in total. The number of rotatable bonds is 2. The Bertz CT molecular complexity index is 529. The van der Waals surface area contributed by atoms with Gasteiger partial charge >= 0.3 is 5.97 Å². The van der Waals surface area contributed by atoms with Crippen molar-refractivity contribution in [2.45, 2.75) is 51.8 Å². The monoisotopic (exact) mass is 276 g/mol. The van der Waals surface area contributed by atoms with E-state index in [1.807, 2.05) is 19.3 Å². The molecule has 0 aliphatic carbocycles. The predicted octanol–water partition coefficient (Wildman–Crippen LogP) is 2.33. The first-order chi connectivity index (χ1) is 9.34. The Kier molecular flexibility index (Phi) is 2.98. The maximum atomic E-state index is 12.6. The van der Waals surface area contributed by atoms with Gasteiger partial charge in [-0.15, -0.1) is 0 Å². The standard InChI is InChI=1S/C16H24N2O2/c1-15(2,3)13-18-10-6-8-16(18,14(19)20-13)11-12-7-5-9-17(12)4/h5,7,9,13H,6,8,10-11H2,1-4H3/t13-,16-/m1/s1. The smallest absolute Gasteiger partial charge is 0.328 e. The zero-order chi connectivity index (χ0) is 14.5. The molecular weight excluding hydrogens is 252 g/mol. The van der Waals surface area contributed by atoms with E-state index in [2.05, 4.69) is 36.3 Å². The number of aryl methyl sites for hydroxylation is 1. The summed E-state index contributed by atoms with van der Waals surface area (Å²) in [6.45, 7) is 7.38. The summed E-state index contributed by atoms with van der Waals surface area (Å²) in [5.41, 5.74) is 0.712. The minimum absolute atomic E-state index is 0.0314. The Morgan fingerprint density at radius 3 is 2.80 bits per heavy atom. The number of hydrogen-bond acceptors (Lipinski definition) is 3. The van der Waals surface area contributed by atoms with E-state index < -0.39 is 5.54 Å². The van der Waals surface area contributed by atoms with Crippen molar-refractivity contribution in [1.82, 2.24) is 9.47 Å². The summed E-state index contributed by atoms with van der Waals surface area (Å²) in [6.07, 6.45) is 4.67. The molecule has 110 valence electrons. The van der Waals surface area contributed by atoms with Crippen LogP contribution in [0, 0.1) is 5.41 Å². The van der Waals surface area contributed by atoms with Crippen molar-refractivity contribution in [3.05, 3.63) is 24.0 Å². The van der Waals surface area contributed by atoms with Gasteiger partial charge < -0.3 is 9.30 Å². The summed E-state index contributed by atoms with van der Waals surface area (Å²) in [5.74, 6) is -0.0314. The molecule has 2 aliphatic rings. The highest BCUT2D eigenvalue weighted by Crippen LogP contribution is 2.45. The third-order valence-electron chi connectivity index (χ3n) is 4.69. The molecule has 0 spiro atoms. The van der Waals surface area contributed by atoms with Crippen LogP contribution in [-0.4, -0.2) is 33.7 Å². The third kappa shape index (κ3) is 1.89. The van der Waals surface area contributed by atoms with Gasteiger partial charge in [-0.2, -0.15) is 0 Å². The molecule has 0 radical (unpaired) electrons. The number of esters is 1. The van der Waals surface area contributed by atoms with E-state index in [0.717, 1.165) is 25.8 Å². The minimum atomic E-state index is -0.440. The van der Waals surface area contributed by atoms with E-state index in [4.69, 9.17) is 4.74 Å². The lowest BCUT2D eigenvalue weighted by atomic mass is 9.88. The van der Waals surface area contributed by atoms with Crippen molar-refractivity contribution in [3.63, 3.8) is 0 Å². The van der Waals surface area contributed by atoms with Crippen LogP contribution in [-0.2, 0) is 23.0 Å². The minimum Gasteiger partial charge on any atom is -0.444 e. The SMILES string of the molecule is Cn1cccc1C[C@@]12CCCN1[C@@H](C(C)(C)C)OC2=O.